The van der Waals surface area contributed by atoms with E-state index in [4.69, 9.17) is 19.3 Å². The maximum Gasteiger partial charge on any atom is 0.335 e. The molecular formula is C21H25NO6. The zero-order valence-electron chi connectivity index (χ0n) is 16.2. The molecule has 2 N–H and O–H groups in total. The number of nitrogens with one attached hydrogen (secondary N) is 1. The molecule has 0 radical (unpaired) electrons. The summed E-state index contributed by atoms with van der Waals surface area (Å²) < 4.78 is 16.3. The molecule has 0 bridgehead atoms. The molecule has 2 aromatic rings. The van der Waals surface area contributed by atoms with Crippen LogP contribution in [0.15, 0.2) is 42.5 Å². The molecule has 0 saturated carbocycles. The summed E-state index contributed by atoms with van der Waals surface area (Å²) in [5.74, 6) is 0.564. The summed E-state index contributed by atoms with van der Waals surface area (Å²) in [6.07, 6.45) is 0.634. The van der Waals surface area contributed by atoms with Crippen LogP contribution in [0.4, 0.5) is 5.69 Å². The van der Waals surface area contributed by atoms with E-state index in [0.717, 1.165) is 5.75 Å². The first kappa shape index (κ1) is 21.1. The van der Waals surface area contributed by atoms with Crippen molar-refractivity contribution < 1.29 is 28.9 Å². The van der Waals surface area contributed by atoms with Crippen LogP contribution in [-0.4, -0.2) is 36.8 Å². The Bertz CT molecular complexity index is 801. The molecule has 0 heterocycles. The van der Waals surface area contributed by atoms with Crippen molar-refractivity contribution in [2.45, 2.75) is 32.8 Å². The van der Waals surface area contributed by atoms with Gasteiger partial charge < -0.3 is 24.6 Å². The molecule has 0 aromatic heterocycles. The number of hydrogen-bond donors (Lipinski definition) is 2. The SMILES string of the molecule is COc1ccc(OCCCC(=O)Nc2cc(C(=O)O)ccc2OC(C)C)cc1. The molecule has 1 amide bonds. The molecule has 0 unspecified atom stereocenters. The minimum Gasteiger partial charge on any atom is -0.497 e. The lowest BCUT2D eigenvalue weighted by Gasteiger charge is -2.15. The lowest BCUT2D eigenvalue weighted by atomic mass is 10.1. The highest BCUT2D eigenvalue weighted by Crippen LogP contribution is 2.27. The first-order valence-electron chi connectivity index (χ1n) is 8.99. The number of ether oxygens (including phenoxy) is 3. The Morgan fingerprint density at radius 1 is 1.07 bits per heavy atom. The molecule has 28 heavy (non-hydrogen) atoms. The minimum atomic E-state index is -1.07. The predicted molar refractivity (Wildman–Crippen MR) is 106 cm³/mol. The van der Waals surface area contributed by atoms with Gasteiger partial charge in [0.1, 0.15) is 17.2 Å². The van der Waals surface area contributed by atoms with E-state index in [9.17, 15) is 9.59 Å². The fourth-order valence-corrected chi connectivity index (χ4v) is 2.42. The van der Waals surface area contributed by atoms with Gasteiger partial charge in [-0.05, 0) is 62.7 Å². The van der Waals surface area contributed by atoms with Crippen molar-refractivity contribution >= 4 is 17.6 Å². The lowest BCUT2D eigenvalue weighted by Crippen LogP contribution is -2.15. The second-order valence-electron chi connectivity index (χ2n) is 6.36. The fourth-order valence-electron chi connectivity index (χ4n) is 2.42. The van der Waals surface area contributed by atoms with Crippen molar-refractivity contribution in [1.82, 2.24) is 0 Å². The molecule has 7 heteroatoms. The zero-order valence-corrected chi connectivity index (χ0v) is 16.2. The number of rotatable bonds is 10. The molecule has 0 spiro atoms. The first-order valence-corrected chi connectivity index (χ1v) is 8.99. The molecule has 0 saturated heterocycles. The van der Waals surface area contributed by atoms with Crippen LogP contribution in [0.5, 0.6) is 17.2 Å². The summed E-state index contributed by atoms with van der Waals surface area (Å²) in [6.45, 7) is 4.09. The highest BCUT2D eigenvalue weighted by atomic mass is 16.5. The normalized spacial score (nSPS) is 10.4. The van der Waals surface area contributed by atoms with Crippen LogP contribution in [-0.2, 0) is 4.79 Å². The fraction of sp³-hybridized carbons (Fsp3) is 0.333. The van der Waals surface area contributed by atoms with Crippen LogP contribution in [0.3, 0.4) is 0 Å². The van der Waals surface area contributed by atoms with Crippen LogP contribution < -0.4 is 19.5 Å². The van der Waals surface area contributed by atoms with Gasteiger partial charge in [0.15, 0.2) is 0 Å². The van der Waals surface area contributed by atoms with E-state index in [2.05, 4.69) is 5.32 Å². The van der Waals surface area contributed by atoms with Gasteiger partial charge in [0.05, 0.1) is 31.1 Å². The maximum atomic E-state index is 12.2. The van der Waals surface area contributed by atoms with E-state index >= 15 is 0 Å². The van der Waals surface area contributed by atoms with E-state index in [1.807, 2.05) is 13.8 Å². The van der Waals surface area contributed by atoms with E-state index in [-0.39, 0.29) is 24.0 Å². The Kier molecular flexibility index (Phi) is 7.68. The minimum absolute atomic E-state index is 0.0780. The van der Waals surface area contributed by atoms with Crippen molar-refractivity contribution in [3.05, 3.63) is 48.0 Å². The average molecular weight is 387 g/mol. The summed E-state index contributed by atoms with van der Waals surface area (Å²) in [7, 11) is 1.60. The number of hydrogen-bond acceptors (Lipinski definition) is 5. The Morgan fingerprint density at radius 2 is 1.75 bits per heavy atom. The first-order chi connectivity index (χ1) is 13.4. The van der Waals surface area contributed by atoms with Gasteiger partial charge in [-0.1, -0.05) is 0 Å². The van der Waals surface area contributed by atoms with Gasteiger partial charge >= 0.3 is 5.97 Å². The molecule has 7 nitrogen and oxygen atoms in total. The van der Waals surface area contributed by atoms with Gasteiger partial charge in [0.25, 0.3) is 0 Å². The Morgan fingerprint density at radius 3 is 2.36 bits per heavy atom. The number of carboxylic acid groups (broad SMARTS) is 1. The van der Waals surface area contributed by atoms with Crippen LogP contribution >= 0.6 is 0 Å². The van der Waals surface area contributed by atoms with Gasteiger partial charge in [0.2, 0.25) is 5.91 Å². The van der Waals surface area contributed by atoms with Crippen molar-refractivity contribution in [1.29, 1.82) is 0 Å². The largest absolute Gasteiger partial charge is 0.497 e. The smallest absolute Gasteiger partial charge is 0.335 e. The molecule has 150 valence electrons. The topological polar surface area (TPSA) is 94.1 Å². The second kappa shape index (κ2) is 10.2. The van der Waals surface area contributed by atoms with Crippen LogP contribution in [0.25, 0.3) is 0 Å². The number of carbonyl (C=O) groups is 2. The Labute approximate surface area is 164 Å². The Hall–Kier alpha value is -3.22. The van der Waals surface area contributed by atoms with Crippen LogP contribution in [0.1, 0.15) is 37.0 Å². The van der Waals surface area contributed by atoms with E-state index in [1.165, 1.54) is 12.1 Å². The van der Waals surface area contributed by atoms with E-state index in [0.29, 0.717) is 30.2 Å². The molecule has 2 rings (SSSR count). The number of anilines is 1. The summed E-state index contributed by atoms with van der Waals surface area (Å²) in [5, 5.41) is 11.9. The predicted octanol–water partition coefficient (Wildman–Crippen LogP) is 3.98. The molecule has 2 aromatic carbocycles. The third kappa shape index (κ3) is 6.50. The third-order valence-electron chi connectivity index (χ3n) is 3.74. The van der Waals surface area contributed by atoms with Gasteiger partial charge in [0, 0.05) is 6.42 Å². The third-order valence-corrected chi connectivity index (χ3v) is 3.74. The summed E-state index contributed by atoms with van der Waals surface area (Å²) in [4.78, 5) is 23.4. The van der Waals surface area contributed by atoms with Gasteiger partial charge in [-0.25, -0.2) is 4.79 Å². The quantitative estimate of drug-likeness (QED) is 0.599. The molecular weight excluding hydrogens is 362 g/mol. The van der Waals surface area contributed by atoms with Crippen molar-refractivity contribution in [2.24, 2.45) is 0 Å². The van der Waals surface area contributed by atoms with Crippen molar-refractivity contribution in [3.8, 4) is 17.2 Å². The molecule has 0 aliphatic heterocycles. The van der Waals surface area contributed by atoms with E-state index in [1.54, 1.807) is 37.4 Å². The van der Waals surface area contributed by atoms with Crippen molar-refractivity contribution in [3.63, 3.8) is 0 Å². The summed E-state index contributed by atoms with van der Waals surface area (Å²) >= 11 is 0. The number of aromatic carboxylic acids is 1. The van der Waals surface area contributed by atoms with Crippen molar-refractivity contribution in [2.75, 3.05) is 19.0 Å². The summed E-state index contributed by atoms with van der Waals surface area (Å²) in [5.41, 5.74) is 0.420. The highest BCUT2D eigenvalue weighted by molar-refractivity contribution is 5.95. The van der Waals surface area contributed by atoms with Crippen LogP contribution in [0, 0.1) is 0 Å². The monoisotopic (exact) mass is 387 g/mol. The maximum absolute atomic E-state index is 12.2. The number of methoxy groups -OCH3 is 1. The van der Waals surface area contributed by atoms with Crippen LogP contribution in [0.2, 0.25) is 0 Å². The number of carbonyl (C=O) groups excluding carboxylic acids is 1. The molecule has 0 fully saturated rings. The lowest BCUT2D eigenvalue weighted by molar-refractivity contribution is -0.116. The number of benzene rings is 2. The standard InChI is InChI=1S/C21H25NO6/c1-14(2)28-19-11-6-15(21(24)25)13-18(19)22-20(23)5-4-12-27-17-9-7-16(26-3)8-10-17/h6-11,13-14H,4-5,12H2,1-3H3,(H,22,23)(H,24,25). The number of carboxylic acids is 1. The Balaban J connectivity index is 1.88. The van der Waals surface area contributed by atoms with Gasteiger partial charge in [-0.2, -0.15) is 0 Å². The van der Waals surface area contributed by atoms with E-state index < -0.39 is 5.97 Å². The summed E-state index contributed by atoms with van der Waals surface area (Å²) in [6, 6.07) is 11.6. The molecule has 0 atom stereocenters. The zero-order chi connectivity index (χ0) is 20.5. The van der Waals surface area contributed by atoms with Gasteiger partial charge in [-0.3, -0.25) is 4.79 Å². The number of amides is 1. The molecule has 0 aliphatic rings. The average Bonchev–Trinajstić information content (AvgIpc) is 2.66. The van der Waals surface area contributed by atoms with Gasteiger partial charge in [-0.15, -0.1) is 0 Å². The molecule has 0 aliphatic carbocycles. The second-order valence-corrected chi connectivity index (χ2v) is 6.36. The highest BCUT2D eigenvalue weighted by Gasteiger charge is 2.13.